The second kappa shape index (κ2) is 10.1. The number of amidine groups is 1. The molecule has 0 saturated carbocycles. The highest BCUT2D eigenvalue weighted by molar-refractivity contribution is 8.14. The van der Waals surface area contributed by atoms with E-state index < -0.39 is 17.9 Å². The number of rotatable bonds is 8. The number of nitrogens with zero attached hydrogens (tertiary/aromatic N) is 1. The number of allylic oxidation sites excluding steroid dienone is 1. The number of carbonyl (C=O) groups excluding carboxylic acids is 2. The monoisotopic (exact) mass is 423 g/mol. The Balaban J connectivity index is 2.59. The molecule has 1 aromatic rings. The zero-order chi connectivity index (χ0) is 21.6. The summed E-state index contributed by atoms with van der Waals surface area (Å²) in [6.07, 6.45) is 0. The van der Waals surface area contributed by atoms with Gasteiger partial charge in [-0.2, -0.15) is 0 Å². The summed E-state index contributed by atoms with van der Waals surface area (Å²) in [5, 5.41) is 3.50. The van der Waals surface area contributed by atoms with Crippen molar-refractivity contribution in [1.29, 1.82) is 0 Å². The van der Waals surface area contributed by atoms with Crippen LogP contribution in [0.4, 0.5) is 0 Å². The predicted molar refractivity (Wildman–Crippen MR) is 110 cm³/mol. The van der Waals surface area contributed by atoms with Crippen molar-refractivity contribution in [1.82, 2.24) is 5.32 Å². The first-order valence-corrected chi connectivity index (χ1v) is 9.78. The molecule has 0 aliphatic carbocycles. The molecular weight excluding hydrogens is 398 g/mol. The number of amides is 1. The number of nitrogens with two attached hydrogens (primary N) is 1. The Morgan fingerprint density at radius 2 is 1.79 bits per heavy atom. The molecule has 0 radical (unpaired) electrons. The van der Waals surface area contributed by atoms with Crippen molar-refractivity contribution in [2.24, 2.45) is 10.7 Å². The van der Waals surface area contributed by atoms with Crippen LogP contribution in [0.2, 0.25) is 0 Å². The van der Waals surface area contributed by atoms with Crippen LogP contribution in [0, 0.1) is 0 Å². The predicted octanol–water partition coefficient (Wildman–Crippen LogP) is 1.77. The second-order valence-electron chi connectivity index (χ2n) is 5.93. The summed E-state index contributed by atoms with van der Waals surface area (Å²) in [6, 6.07) is 2.76. The van der Waals surface area contributed by atoms with Gasteiger partial charge in [0.25, 0.3) is 0 Å². The summed E-state index contributed by atoms with van der Waals surface area (Å²) in [6.45, 7) is 3.71. The maximum absolute atomic E-state index is 12.6. The highest BCUT2D eigenvalue weighted by Gasteiger charge is 2.32. The van der Waals surface area contributed by atoms with Gasteiger partial charge >= 0.3 is 5.97 Å². The average Bonchev–Trinajstić information content (AvgIpc) is 2.70. The number of hydrogen-bond acceptors (Lipinski definition) is 9. The number of hydrogen-bond donors (Lipinski definition) is 2. The lowest BCUT2D eigenvalue weighted by molar-refractivity contribution is -0.139. The molecule has 0 fully saturated rings. The van der Waals surface area contributed by atoms with Gasteiger partial charge in [-0.3, -0.25) is 4.79 Å². The lowest BCUT2D eigenvalue weighted by Gasteiger charge is -2.26. The van der Waals surface area contributed by atoms with E-state index in [1.54, 1.807) is 26.0 Å². The molecular formula is C19H25N3O6S. The van der Waals surface area contributed by atoms with E-state index in [4.69, 9.17) is 24.7 Å². The van der Waals surface area contributed by atoms with E-state index in [0.717, 1.165) is 11.8 Å². The number of methoxy groups -OCH3 is 3. The minimum atomic E-state index is -0.695. The largest absolute Gasteiger partial charge is 0.493 e. The Morgan fingerprint density at radius 1 is 1.17 bits per heavy atom. The van der Waals surface area contributed by atoms with Crippen molar-refractivity contribution in [2.75, 3.05) is 33.7 Å². The lowest BCUT2D eigenvalue weighted by Crippen LogP contribution is -2.31. The number of benzene rings is 1. The molecule has 0 spiro atoms. The fourth-order valence-corrected chi connectivity index (χ4v) is 3.52. The van der Waals surface area contributed by atoms with Gasteiger partial charge in [0.15, 0.2) is 16.7 Å². The SMILES string of the molecule is CCOC(=O)C1=C(C)NC(SCC(N)=O)=N[C@H]1c1cc(OC)c(OC)c(OC)c1. The van der Waals surface area contributed by atoms with Crippen LogP contribution in [-0.2, 0) is 14.3 Å². The normalized spacial score (nSPS) is 15.9. The topological polar surface area (TPSA) is 121 Å². The summed E-state index contributed by atoms with van der Waals surface area (Å²) >= 11 is 1.15. The Bertz CT molecular complexity index is 827. The van der Waals surface area contributed by atoms with Gasteiger partial charge in [-0.25, -0.2) is 9.79 Å². The zero-order valence-corrected chi connectivity index (χ0v) is 17.8. The maximum Gasteiger partial charge on any atom is 0.338 e. The van der Waals surface area contributed by atoms with Crippen LogP contribution in [0.3, 0.4) is 0 Å². The van der Waals surface area contributed by atoms with Gasteiger partial charge < -0.3 is 30.0 Å². The minimum Gasteiger partial charge on any atom is -0.493 e. The Hall–Kier alpha value is -2.88. The van der Waals surface area contributed by atoms with E-state index in [-0.39, 0.29) is 12.4 Å². The van der Waals surface area contributed by atoms with Gasteiger partial charge in [-0.1, -0.05) is 11.8 Å². The fourth-order valence-electron chi connectivity index (χ4n) is 2.83. The molecule has 1 atom stereocenters. The molecule has 2 rings (SSSR count). The van der Waals surface area contributed by atoms with E-state index in [9.17, 15) is 9.59 Å². The quantitative estimate of drug-likeness (QED) is 0.607. The lowest BCUT2D eigenvalue weighted by atomic mass is 9.96. The summed E-state index contributed by atoms with van der Waals surface area (Å²) in [4.78, 5) is 28.4. The van der Waals surface area contributed by atoms with E-state index in [0.29, 0.717) is 39.2 Å². The maximum atomic E-state index is 12.6. The van der Waals surface area contributed by atoms with Crippen molar-refractivity contribution in [3.63, 3.8) is 0 Å². The van der Waals surface area contributed by atoms with Crippen molar-refractivity contribution in [3.05, 3.63) is 29.0 Å². The number of esters is 1. The molecule has 1 heterocycles. The number of aliphatic imine (C=N–C) groups is 1. The highest BCUT2D eigenvalue weighted by Crippen LogP contribution is 2.43. The van der Waals surface area contributed by atoms with Crippen molar-refractivity contribution < 1.29 is 28.5 Å². The summed E-state index contributed by atoms with van der Waals surface area (Å²) < 4.78 is 21.4. The molecule has 29 heavy (non-hydrogen) atoms. The van der Waals surface area contributed by atoms with Crippen LogP contribution >= 0.6 is 11.8 Å². The smallest absolute Gasteiger partial charge is 0.338 e. The third kappa shape index (κ3) is 5.14. The summed E-state index contributed by atoms with van der Waals surface area (Å²) in [5.41, 5.74) is 6.80. The summed E-state index contributed by atoms with van der Waals surface area (Å²) in [7, 11) is 4.53. The Morgan fingerprint density at radius 3 is 2.28 bits per heavy atom. The number of nitrogens with one attached hydrogen (secondary N) is 1. The molecule has 1 aromatic carbocycles. The molecule has 0 saturated heterocycles. The van der Waals surface area contributed by atoms with Crippen LogP contribution in [0.25, 0.3) is 0 Å². The number of carbonyl (C=O) groups is 2. The number of primary amides is 1. The first kappa shape index (κ1) is 22.4. The Labute approximate surface area is 173 Å². The van der Waals surface area contributed by atoms with Crippen LogP contribution in [-0.4, -0.2) is 50.7 Å². The molecule has 0 aromatic heterocycles. The standard InChI is InChI=1S/C19H25N3O6S/c1-6-28-18(24)15-10(2)21-19(29-9-14(20)23)22-16(15)11-7-12(25-3)17(27-5)13(8-11)26-4/h7-8,16H,6,9H2,1-5H3,(H2,20,23)(H,21,22)/t16-/m0/s1. The molecule has 158 valence electrons. The van der Waals surface area contributed by atoms with E-state index in [1.165, 1.54) is 21.3 Å². The molecule has 3 N–H and O–H groups in total. The van der Waals surface area contributed by atoms with Gasteiger partial charge in [0, 0.05) is 5.70 Å². The molecule has 1 aliphatic rings. The van der Waals surface area contributed by atoms with Crippen molar-refractivity contribution in [3.8, 4) is 17.2 Å². The van der Waals surface area contributed by atoms with Gasteiger partial charge in [0.05, 0.1) is 39.3 Å². The van der Waals surface area contributed by atoms with Crippen LogP contribution in [0.15, 0.2) is 28.4 Å². The van der Waals surface area contributed by atoms with Crippen LogP contribution in [0.1, 0.15) is 25.5 Å². The van der Waals surface area contributed by atoms with E-state index in [2.05, 4.69) is 10.3 Å². The average molecular weight is 423 g/mol. The number of ether oxygens (including phenoxy) is 4. The van der Waals surface area contributed by atoms with E-state index >= 15 is 0 Å². The molecule has 9 nitrogen and oxygen atoms in total. The molecule has 1 aliphatic heterocycles. The van der Waals surface area contributed by atoms with Gasteiger partial charge in [0.1, 0.15) is 6.04 Å². The second-order valence-corrected chi connectivity index (χ2v) is 6.90. The van der Waals surface area contributed by atoms with Gasteiger partial charge in [-0.15, -0.1) is 0 Å². The Kier molecular flexibility index (Phi) is 7.77. The first-order chi connectivity index (χ1) is 13.9. The minimum absolute atomic E-state index is 0.0514. The van der Waals surface area contributed by atoms with Crippen LogP contribution < -0.4 is 25.3 Å². The third-order valence-corrected chi connectivity index (χ3v) is 4.98. The zero-order valence-electron chi connectivity index (χ0n) is 17.0. The molecule has 1 amide bonds. The first-order valence-electron chi connectivity index (χ1n) is 8.79. The fraction of sp³-hybridized carbons (Fsp3) is 0.421. The molecule has 0 unspecified atom stereocenters. The van der Waals surface area contributed by atoms with Crippen molar-refractivity contribution >= 4 is 28.8 Å². The molecule has 10 heteroatoms. The van der Waals surface area contributed by atoms with Crippen LogP contribution in [0.5, 0.6) is 17.2 Å². The number of thioether (sulfide) groups is 1. The van der Waals surface area contributed by atoms with Crippen molar-refractivity contribution in [2.45, 2.75) is 19.9 Å². The third-order valence-electron chi connectivity index (χ3n) is 4.07. The van der Waals surface area contributed by atoms with Gasteiger partial charge in [-0.05, 0) is 31.5 Å². The molecule has 0 bridgehead atoms. The summed E-state index contributed by atoms with van der Waals surface area (Å²) in [5.74, 6) is 0.389. The van der Waals surface area contributed by atoms with Gasteiger partial charge in [0.2, 0.25) is 11.7 Å². The van der Waals surface area contributed by atoms with E-state index in [1.807, 2.05) is 0 Å². The highest BCUT2D eigenvalue weighted by atomic mass is 32.2.